The van der Waals surface area contributed by atoms with E-state index in [2.05, 4.69) is 10.2 Å². The monoisotopic (exact) mass is 237 g/mol. The van der Waals surface area contributed by atoms with Crippen LogP contribution in [0.4, 0.5) is 8.78 Å². The zero-order chi connectivity index (χ0) is 12.6. The van der Waals surface area contributed by atoms with Crippen LogP contribution in [0.25, 0.3) is 11.4 Å². The van der Waals surface area contributed by atoms with Crippen LogP contribution in [0.5, 0.6) is 0 Å². The molecule has 1 aromatic carbocycles. The van der Waals surface area contributed by atoms with E-state index in [1.54, 1.807) is 4.57 Å². The summed E-state index contributed by atoms with van der Waals surface area (Å²) >= 11 is 0. The Morgan fingerprint density at radius 1 is 1.18 bits per heavy atom. The lowest BCUT2D eigenvalue weighted by molar-refractivity contribution is 0.399. The Hall–Kier alpha value is -1.78. The highest BCUT2D eigenvalue weighted by molar-refractivity contribution is 5.56. The maximum absolute atomic E-state index is 13.7. The fourth-order valence-corrected chi connectivity index (χ4v) is 1.58. The standard InChI is InChI=1S/C12H13F2N3/c1-12(2,3)17-7-15-16-11(17)9-5-4-8(13)6-10(9)14/h4-7H,1-3H3. The second-order valence-electron chi connectivity index (χ2n) is 4.82. The number of halogens is 2. The maximum atomic E-state index is 13.7. The average Bonchev–Trinajstić information content (AvgIpc) is 2.65. The first-order valence-electron chi connectivity index (χ1n) is 5.25. The predicted molar refractivity (Wildman–Crippen MR) is 60.4 cm³/mol. The summed E-state index contributed by atoms with van der Waals surface area (Å²) in [5, 5.41) is 7.67. The van der Waals surface area contributed by atoms with Crippen molar-refractivity contribution in [2.24, 2.45) is 0 Å². The minimum Gasteiger partial charge on any atom is -0.308 e. The van der Waals surface area contributed by atoms with E-state index in [9.17, 15) is 8.78 Å². The Bertz CT molecular complexity index is 541. The van der Waals surface area contributed by atoms with E-state index in [-0.39, 0.29) is 11.1 Å². The van der Waals surface area contributed by atoms with Crippen LogP contribution in [0.1, 0.15) is 20.8 Å². The van der Waals surface area contributed by atoms with Crippen LogP contribution >= 0.6 is 0 Å². The molecule has 0 saturated heterocycles. The maximum Gasteiger partial charge on any atom is 0.167 e. The molecule has 17 heavy (non-hydrogen) atoms. The highest BCUT2D eigenvalue weighted by Crippen LogP contribution is 2.26. The molecule has 0 amide bonds. The van der Waals surface area contributed by atoms with Crippen LogP contribution in [0.2, 0.25) is 0 Å². The Balaban J connectivity index is 2.58. The number of hydrogen-bond acceptors (Lipinski definition) is 2. The molecule has 90 valence electrons. The minimum atomic E-state index is -0.636. The van der Waals surface area contributed by atoms with Gasteiger partial charge in [0.15, 0.2) is 5.82 Å². The normalized spacial score (nSPS) is 11.8. The van der Waals surface area contributed by atoms with Gasteiger partial charge in [-0.1, -0.05) is 0 Å². The average molecular weight is 237 g/mol. The molecule has 1 aromatic heterocycles. The molecule has 0 aliphatic heterocycles. The minimum absolute atomic E-state index is 0.249. The van der Waals surface area contributed by atoms with E-state index >= 15 is 0 Å². The van der Waals surface area contributed by atoms with Crippen LogP contribution in [-0.2, 0) is 5.54 Å². The van der Waals surface area contributed by atoms with Gasteiger partial charge in [0, 0.05) is 11.6 Å². The van der Waals surface area contributed by atoms with E-state index in [1.165, 1.54) is 18.5 Å². The third-order valence-corrected chi connectivity index (χ3v) is 2.44. The van der Waals surface area contributed by atoms with E-state index in [0.29, 0.717) is 5.82 Å². The molecular formula is C12H13F2N3. The molecule has 0 aliphatic rings. The van der Waals surface area contributed by atoms with Crippen molar-refractivity contribution >= 4 is 0 Å². The SMILES string of the molecule is CC(C)(C)n1cnnc1-c1ccc(F)cc1F. The van der Waals surface area contributed by atoms with Crippen molar-refractivity contribution in [3.05, 3.63) is 36.2 Å². The first-order valence-corrected chi connectivity index (χ1v) is 5.25. The Morgan fingerprint density at radius 3 is 2.47 bits per heavy atom. The summed E-state index contributed by atoms with van der Waals surface area (Å²) in [5.41, 5.74) is -0.0153. The second-order valence-corrected chi connectivity index (χ2v) is 4.82. The third-order valence-electron chi connectivity index (χ3n) is 2.44. The third kappa shape index (κ3) is 2.18. The van der Waals surface area contributed by atoms with Crippen LogP contribution in [0, 0.1) is 11.6 Å². The van der Waals surface area contributed by atoms with Crippen molar-refractivity contribution in [3.63, 3.8) is 0 Å². The van der Waals surface area contributed by atoms with Crippen LogP contribution in [-0.4, -0.2) is 14.8 Å². The van der Waals surface area contributed by atoms with Crippen LogP contribution < -0.4 is 0 Å². The summed E-state index contributed by atoms with van der Waals surface area (Å²) in [5.74, 6) is -0.841. The molecule has 2 aromatic rings. The summed E-state index contributed by atoms with van der Waals surface area (Å²) in [6.45, 7) is 5.88. The van der Waals surface area contributed by atoms with Gasteiger partial charge in [0.05, 0.1) is 5.56 Å². The summed E-state index contributed by atoms with van der Waals surface area (Å²) in [6.07, 6.45) is 1.54. The highest BCUT2D eigenvalue weighted by atomic mass is 19.1. The van der Waals surface area contributed by atoms with Crippen molar-refractivity contribution in [2.45, 2.75) is 26.3 Å². The molecule has 2 rings (SSSR count). The molecule has 0 bridgehead atoms. The van der Waals surface area contributed by atoms with Gasteiger partial charge in [-0.15, -0.1) is 10.2 Å². The van der Waals surface area contributed by atoms with Gasteiger partial charge in [0.25, 0.3) is 0 Å². The first kappa shape index (κ1) is 11.7. The van der Waals surface area contributed by atoms with Gasteiger partial charge < -0.3 is 4.57 Å². The molecule has 0 N–H and O–H groups in total. The lowest BCUT2D eigenvalue weighted by atomic mass is 10.1. The molecule has 0 radical (unpaired) electrons. The zero-order valence-electron chi connectivity index (χ0n) is 9.91. The lowest BCUT2D eigenvalue weighted by Gasteiger charge is -2.22. The number of aromatic nitrogens is 3. The number of nitrogens with zero attached hydrogens (tertiary/aromatic N) is 3. The van der Waals surface area contributed by atoms with Gasteiger partial charge in [-0.3, -0.25) is 0 Å². The van der Waals surface area contributed by atoms with Crippen LogP contribution in [0.15, 0.2) is 24.5 Å². The summed E-state index contributed by atoms with van der Waals surface area (Å²) in [7, 11) is 0. The van der Waals surface area contributed by atoms with E-state index in [1.807, 2.05) is 20.8 Å². The zero-order valence-corrected chi connectivity index (χ0v) is 9.91. The Kier molecular flexibility index (Phi) is 2.69. The van der Waals surface area contributed by atoms with Gasteiger partial charge in [-0.05, 0) is 32.9 Å². The molecule has 0 aliphatic carbocycles. The predicted octanol–water partition coefficient (Wildman–Crippen LogP) is 2.98. The number of rotatable bonds is 1. The first-order chi connectivity index (χ1) is 7.89. The quantitative estimate of drug-likeness (QED) is 0.763. The second kappa shape index (κ2) is 3.91. The summed E-state index contributed by atoms with van der Waals surface area (Å²) in [6, 6.07) is 3.42. The Labute approximate surface area is 98.1 Å². The lowest BCUT2D eigenvalue weighted by Crippen LogP contribution is -2.22. The van der Waals surface area contributed by atoms with Crippen LogP contribution in [0.3, 0.4) is 0 Å². The molecule has 5 heteroatoms. The molecule has 0 spiro atoms. The fourth-order valence-electron chi connectivity index (χ4n) is 1.58. The van der Waals surface area contributed by atoms with E-state index < -0.39 is 11.6 Å². The molecule has 3 nitrogen and oxygen atoms in total. The number of hydrogen-bond donors (Lipinski definition) is 0. The molecule has 0 unspecified atom stereocenters. The van der Waals surface area contributed by atoms with Gasteiger partial charge in [0.1, 0.15) is 18.0 Å². The summed E-state index contributed by atoms with van der Waals surface area (Å²) < 4.78 is 28.3. The van der Waals surface area contributed by atoms with Crippen molar-refractivity contribution in [3.8, 4) is 11.4 Å². The van der Waals surface area contributed by atoms with Gasteiger partial charge in [0.2, 0.25) is 0 Å². The molecule has 0 saturated carbocycles. The topological polar surface area (TPSA) is 30.7 Å². The summed E-state index contributed by atoms with van der Waals surface area (Å²) in [4.78, 5) is 0. The Morgan fingerprint density at radius 2 is 1.88 bits per heavy atom. The molecule has 0 atom stereocenters. The molecule has 1 heterocycles. The van der Waals surface area contributed by atoms with Gasteiger partial charge in [-0.25, -0.2) is 8.78 Å². The molecule has 0 fully saturated rings. The van der Waals surface area contributed by atoms with E-state index in [0.717, 1.165) is 6.07 Å². The van der Waals surface area contributed by atoms with Crippen molar-refractivity contribution in [1.82, 2.24) is 14.8 Å². The van der Waals surface area contributed by atoms with Gasteiger partial charge in [-0.2, -0.15) is 0 Å². The van der Waals surface area contributed by atoms with Crippen molar-refractivity contribution < 1.29 is 8.78 Å². The van der Waals surface area contributed by atoms with Crippen molar-refractivity contribution in [1.29, 1.82) is 0 Å². The van der Waals surface area contributed by atoms with Gasteiger partial charge >= 0.3 is 0 Å². The largest absolute Gasteiger partial charge is 0.308 e. The van der Waals surface area contributed by atoms with Crippen molar-refractivity contribution in [2.75, 3.05) is 0 Å². The fraction of sp³-hybridized carbons (Fsp3) is 0.333. The highest BCUT2D eigenvalue weighted by Gasteiger charge is 2.20. The van der Waals surface area contributed by atoms with E-state index in [4.69, 9.17) is 0 Å². The molecular weight excluding hydrogens is 224 g/mol. The number of benzene rings is 1. The smallest absolute Gasteiger partial charge is 0.167 e.